The average Bonchev–Trinajstić information content (AvgIpc) is 3.02. The lowest BCUT2D eigenvalue weighted by Crippen LogP contribution is -2.17. The van der Waals surface area contributed by atoms with Crippen LogP contribution in [0.1, 0.15) is 5.56 Å². The molecule has 3 aromatic rings. The third-order valence-electron chi connectivity index (χ3n) is 3.83. The molecule has 0 radical (unpaired) electrons. The maximum atomic E-state index is 12.3. The Morgan fingerprint density at radius 2 is 2.00 bits per heavy atom. The van der Waals surface area contributed by atoms with Gasteiger partial charge in [0.1, 0.15) is 10.6 Å². The molecule has 0 saturated heterocycles. The van der Waals surface area contributed by atoms with Crippen molar-refractivity contribution in [2.24, 2.45) is 12.2 Å². The summed E-state index contributed by atoms with van der Waals surface area (Å²) in [5.74, 6) is 0.00406. The van der Waals surface area contributed by atoms with Crippen molar-refractivity contribution in [3.05, 3.63) is 65.3 Å². The van der Waals surface area contributed by atoms with Crippen LogP contribution in [0.3, 0.4) is 0 Å². The number of sulfonamides is 1. The number of nitrogens with two attached hydrogens (primary N) is 1. The molecule has 1 aromatic heterocycles. The number of anilines is 1. The standard InChI is InChI=1S/C18H17ClN4O4S/c1-23-18(8-9-21-23)27-15-7-6-13(11-16(15)28(20,25)26)22-17(24)10-12-4-2-3-5-14(12)19/h2-9,11H,10H2,1H3,(H,22,24)(H2,20,25,26). The molecule has 10 heteroatoms. The number of nitrogens with one attached hydrogen (secondary N) is 1. The van der Waals surface area contributed by atoms with Gasteiger partial charge in [0.2, 0.25) is 21.8 Å². The van der Waals surface area contributed by atoms with Crippen molar-refractivity contribution < 1.29 is 17.9 Å². The van der Waals surface area contributed by atoms with Crippen LogP contribution in [0.5, 0.6) is 11.6 Å². The van der Waals surface area contributed by atoms with E-state index in [4.69, 9.17) is 21.5 Å². The Morgan fingerprint density at radius 1 is 1.25 bits per heavy atom. The van der Waals surface area contributed by atoms with Crippen LogP contribution in [0.25, 0.3) is 0 Å². The van der Waals surface area contributed by atoms with Crippen LogP contribution in [0.2, 0.25) is 5.02 Å². The van der Waals surface area contributed by atoms with E-state index < -0.39 is 10.0 Å². The third kappa shape index (κ3) is 4.69. The summed E-state index contributed by atoms with van der Waals surface area (Å²) in [5.41, 5.74) is 0.919. The van der Waals surface area contributed by atoms with Gasteiger partial charge in [-0.1, -0.05) is 29.8 Å². The fourth-order valence-corrected chi connectivity index (χ4v) is 3.37. The quantitative estimate of drug-likeness (QED) is 0.635. The highest BCUT2D eigenvalue weighted by atomic mass is 35.5. The van der Waals surface area contributed by atoms with Crippen LogP contribution in [0, 0.1) is 0 Å². The molecule has 0 unspecified atom stereocenters. The highest BCUT2D eigenvalue weighted by Gasteiger charge is 2.19. The van der Waals surface area contributed by atoms with Crippen molar-refractivity contribution in [1.82, 2.24) is 9.78 Å². The van der Waals surface area contributed by atoms with Crippen molar-refractivity contribution in [2.45, 2.75) is 11.3 Å². The zero-order chi connectivity index (χ0) is 20.3. The van der Waals surface area contributed by atoms with Crippen LogP contribution in [0.15, 0.2) is 59.6 Å². The maximum absolute atomic E-state index is 12.3. The first kappa shape index (κ1) is 19.9. The summed E-state index contributed by atoms with van der Waals surface area (Å²) in [6, 6.07) is 12.7. The number of rotatable bonds is 6. The smallest absolute Gasteiger partial charge is 0.241 e. The van der Waals surface area contributed by atoms with Crippen molar-refractivity contribution in [3.63, 3.8) is 0 Å². The first-order valence-electron chi connectivity index (χ1n) is 8.10. The van der Waals surface area contributed by atoms with Crippen LogP contribution >= 0.6 is 11.6 Å². The molecule has 0 aliphatic carbocycles. The molecule has 8 nitrogen and oxygen atoms in total. The second-order valence-electron chi connectivity index (χ2n) is 5.92. The molecule has 1 heterocycles. The fourth-order valence-electron chi connectivity index (χ4n) is 2.49. The van der Waals surface area contributed by atoms with Crippen LogP contribution in [-0.2, 0) is 28.3 Å². The average molecular weight is 421 g/mol. The summed E-state index contributed by atoms with van der Waals surface area (Å²) in [7, 11) is -2.45. The van der Waals surface area contributed by atoms with Crippen LogP contribution in [0.4, 0.5) is 5.69 Å². The molecule has 2 aromatic carbocycles. The van der Waals surface area contributed by atoms with Crippen LogP contribution < -0.4 is 15.2 Å². The Kier molecular flexibility index (Phi) is 5.68. The van der Waals surface area contributed by atoms with E-state index >= 15 is 0 Å². The van der Waals surface area contributed by atoms with Gasteiger partial charge in [0, 0.05) is 23.8 Å². The Morgan fingerprint density at radius 3 is 2.64 bits per heavy atom. The van der Waals surface area contributed by atoms with Gasteiger partial charge in [-0.05, 0) is 29.8 Å². The molecule has 3 N–H and O–H groups in total. The first-order valence-corrected chi connectivity index (χ1v) is 10.0. The zero-order valence-electron chi connectivity index (χ0n) is 14.8. The lowest BCUT2D eigenvalue weighted by Gasteiger charge is -2.12. The highest BCUT2D eigenvalue weighted by molar-refractivity contribution is 7.89. The van der Waals surface area contributed by atoms with E-state index in [0.717, 1.165) is 0 Å². The van der Waals surface area contributed by atoms with E-state index in [0.29, 0.717) is 16.5 Å². The third-order valence-corrected chi connectivity index (χ3v) is 5.13. The van der Waals surface area contributed by atoms with E-state index in [9.17, 15) is 13.2 Å². The number of ether oxygens (including phenoxy) is 1. The predicted octanol–water partition coefficient (Wildman–Crippen LogP) is 2.69. The molecular weight excluding hydrogens is 404 g/mol. The second kappa shape index (κ2) is 8.01. The van der Waals surface area contributed by atoms with Gasteiger partial charge in [-0.3, -0.25) is 4.79 Å². The number of primary sulfonamides is 1. The minimum Gasteiger partial charge on any atom is -0.438 e. The molecule has 3 rings (SSSR count). The molecular formula is C18H17ClN4O4S. The molecule has 0 atom stereocenters. The lowest BCUT2D eigenvalue weighted by atomic mass is 10.1. The zero-order valence-corrected chi connectivity index (χ0v) is 16.4. The van der Waals surface area contributed by atoms with Gasteiger partial charge in [-0.15, -0.1) is 0 Å². The maximum Gasteiger partial charge on any atom is 0.241 e. The Hall–Kier alpha value is -2.88. The summed E-state index contributed by atoms with van der Waals surface area (Å²) >= 11 is 6.06. The van der Waals surface area contributed by atoms with Gasteiger partial charge >= 0.3 is 0 Å². The number of carbonyl (C=O) groups is 1. The van der Waals surface area contributed by atoms with E-state index in [2.05, 4.69) is 10.4 Å². The Labute approximate surface area is 166 Å². The number of benzene rings is 2. The van der Waals surface area contributed by atoms with Gasteiger partial charge < -0.3 is 10.1 Å². The molecule has 0 spiro atoms. The molecule has 1 amide bonds. The van der Waals surface area contributed by atoms with Gasteiger partial charge in [0.05, 0.1) is 12.6 Å². The highest BCUT2D eigenvalue weighted by Crippen LogP contribution is 2.30. The molecule has 0 saturated carbocycles. The van der Waals surface area contributed by atoms with Gasteiger partial charge in [-0.25, -0.2) is 18.2 Å². The van der Waals surface area contributed by atoms with E-state index in [1.54, 1.807) is 37.4 Å². The second-order valence-corrected chi connectivity index (χ2v) is 7.86. The summed E-state index contributed by atoms with van der Waals surface area (Å²) in [5, 5.41) is 12.4. The molecule has 0 aliphatic heterocycles. The van der Waals surface area contributed by atoms with E-state index in [1.165, 1.54) is 29.1 Å². The SMILES string of the molecule is Cn1nccc1Oc1ccc(NC(=O)Cc2ccccc2Cl)cc1S(N)(=O)=O. The molecule has 0 fully saturated rings. The van der Waals surface area contributed by atoms with Crippen molar-refractivity contribution in [1.29, 1.82) is 0 Å². The van der Waals surface area contributed by atoms with Crippen molar-refractivity contribution in [3.8, 4) is 11.6 Å². The Bertz CT molecular complexity index is 1130. The summed E-state index contributed by atoms with van der Waals surface area (Å²) < 4.78 is 31.0. The monoisotopic (exact) mass is 420 g/mol. The first-order chi connectivity index (χ1) is 13.2. The minimum absolute atomic E-state index is 0.0233. The fraction of sp³-hybridized carbons (Fsp3) is 0.111. The summed E-state index contributed by atoms with van der Waals surface area (Å²) in [6.45, 7) is 0. The largest absolute Gasteiger partial charge is 0.438 e. The van der Waals surface area contributed by atoms with Gasteiger partial charge in [0.15, 0.2) is 0 Å². The number of carbonyl (C=O) groups excluding carboxylic acids is 1. The summed E-state index contributed by atoms with van der Waals surface area (Å²) in [6.07, 6.45) is 1.55. The number of nitrogens with zero attached hydrogens (tertiary/aromatic N) is 2. The number of amides is 1. The van der Waals surface area contributed by atoms with Crippen LogP contribution in [-0.4, -0.2) is 24.1 Å². The lowest BCUT2D eigenvalue weighted by molar-refractivity contribution is -0.115. The number of hydrogen-bond donors (Lipinski definition) is 2. The normalized spacial score (nSPS) is 11.2. The minimum atomic E-state index is -4.10. The number of aromatic nitrogens is 2. The van der Waals surface area contributed by atoms with E-state index in [-0.39, 0.29) is 28.7 Å². The predicted molar refractivity (Wildman–Crippen MR) is 105 cm³/mol. The van der Waals surface area contributed by atoms with Crippen molar-refractivity contribution in [2.75, 3.05) is 5.32 Å². The molecule has 28 heavy (non-hydrogen) atoms. The van der Waals surface area contributed by atoms with E-state index in [1.807, 2.05) is 0 Å². The number of aryl methyl sites for hydroxylation is 1. The number of halogens is 1. The number of hydrogen-bond acceptors (Lipinski definition) is 5. The topological polar surface area (TPSA) is 116 Å². The molecule has 0 aliphatic rings. The Balaban J connectivity index is 1.84. The molecule has 146 valence electrons. The van der Waals surface area contributed by atoms with Gasteiger partial charge in [-0.2, -0.15) is 5.10 Å². The summed E-state index contributed by atoms with van der Waals surface area (Å²) in [4.78, 5) is 12.0. The van der Waals surface area contributed by atoms with Gasteiger partial charge in [0.25, 0.3) is 0 Å². The van der Waals surface area contributed by atoms with Crippen molar-refractivity contribution >= 4 is 33.2 Å². The molecule has 0 bridgehead atoms.